The molecule has 20 heavy (non-hydrogen) atoms. The van der Waals surface area contributed by atoms with Gasteiger partial charge in [-0.1, -0.05) is 13.3 Å². The van der Waals surface area contributed by atoms with E-state index in [1.54, 1.807) is 0 Å². The van der Waals surface area contributed by atoms with Crippen LogP contribution in [0.25, 0.3) is 0 Å². The zero-order valence-corrected chi connectivity index (χ0v) is 14.4. The first kappa shape index (κ1) is 19.9. The van der Waals surface area contributed by atoms with E-state index in [1.165, 1.54) is 38.8 Å². The van der Waals surface area contributed by atoms with Crippen molar-refractivity contribution in [1.82, 2.24) is 0 Å². The average Bonchev–Trinajstić information content (AvgIpc) is 2.37. The van der Waals surface area contributed by atoms with Crippen LogP contribution >= 0.6 is 0 Å². The third-order valence-corrected chi connectivity index (χ3v) is 4.57. The average molecular weight is 351 g/mol. The molecule has 0 aliphatic carbocycles. The third-order valence-electron chi connectivity index (χ3n) is 4.57. The molecule has 1 N–H and O–H groups in total. The summed E-state index contributed by atoms with van der Waals surface area (Å²) in [6.07, 6.45) is 8.05. The van der Waals surface area contributed by atoms with Gasteiger partial charge in [-0.15, -0.1) is 0 Å². The summed E-state index contributed by atoms with van der Waals surface area (Å²) in [4.78, 5) is 9.65. The minimum Gasteiger partial charge on any atom is -1.00 e. The highest BCUT2D eigenvalue weighted by molar-refractivity contribution is 5.63. The Labute approximate surface area is 133 Å². The maximum absolute atomic E-state index is 9.85. The second-order valence-corrected chi connectivity index (χ2v) is 6.17. The van der Waals surface area contributed by atoms with Crippen molar-refractivity contribution in [3.05, 3.63) is 0 Å². The number of carbonyl (C=O) groups is 1. The van der Waals surface area contributed by atoms with Crippen molar-refractivity contribution in [3.8, 4) is 0 Å². The smallest absolute Gasteiger partial charge is 0.115 e. The molecular formula is C15H29BrNO3-. The molecule has 0 spiro atoms. The molecule has 5 heteroatoms. The van der Waals surface area contributed by atoms with E-state index < -0.39 is 5.97 Å². The molecule has 3 atom stereocenters. The van der Waals surface area contributed by atoms with Crippen molar-refractivity contribution in [2.75, 3.05) is 20.1 Å². The van der Waals surface area contributed by atoms with Gasteiger partial charge >= 0.3 is 0 Å². The number of aliphatic hydroxyl groups excluding tert-OH is 1. The standard InChI is InChI=1S/C10H20NO.C5H10O2.BrH/c1-11-7-3-2-5-9(11)10(12)6-4-8-11;1-2-3-4-5(6)7;/h9-10,12H,2-8H2,1H3;2-4H2,1H3,(H,6,7);1H/q+1;;/p-2/t9-,10-,11?;;/m1../s1. The number of fused-ring (bicyclic) bond motifs is 1. The van der Waals surface area contributed by atoms with Crippen LogP contribution < -0.4 is 22.1 Å². The van der Waals surface area contributed by atoms with Crippen molar-refractivity contribution < 1.29 is 36.5 Å². The molecule has 0 aromatic carbocycles. The van der Waals surface area contributed by atoms with Crippen LogP contribution in [0.2, 0.25) is 0 Å². The molecule has 0 radical (unpaired) electrons. The lowest BCUT2D eigenvalue weighted by atomic mass is 9.88. The number of piperidine rings is 2. The Morgan fingerprint density at radius 2 is 1.90 bits per heavy atom. The summed E-state index contributed by atoms with van der Waals surface area (Å²) in [6, 6.07) is 0.562. The number of aliphatic hydroxyl groups is 1. The van der Waals surface area contributed by atoms with Crippen LogP contribution in [0, 0.1) is 0 Å². The van der Waals surface area contributed by atoms with E-state index in [9.17, 15) is 15.0 Å². The number of nitrogens with zero attached hydrogens (tertiary/aromatic N) is 1. The van der Waals surface area contributed by atoms with E-state index in [0.717, 1.165) is 23.7 Å². The molecule has 0 aromatic heterocycles. The van der Waals surface area contributed by atoms with Gasteiger partial charge in [0.1, 0.15) is 12.1 Å². The van der Waals surface area contributed by atoms with Gasteiger partial charge in [0.05, 0.1) is 20.1 Å². The Hall–Kier alpha value is -0.130. The van der Waals surface area contributed by atoms with Crippen LogP contribution in [0.5, 0.6) is 0 Å². The SMILES string of the molecule is CCCCC(=O)[O-].C[N+]12CCCC[C@@H]1[C@H](O)CCC2.[Br-]. The van der Waals surface area contributed by atoms with Gasteiger partial charge in [-0.2, -0.15) is 0 Å². The summed E-state index contributed by atoms with van der Waals surface area (Å²) in [7, 11) is 2.33. The Kier molecular flexibility index (Phi) is 9.68. The molecule has 0 saturated carbocycles. The van der Waals surface area contributed by atoms with Gasteiger partial charge in [0.2, 0.25) is 0 Å². The van der Waals surface area contributed by atoms with Gasteiger partial charge in [-0.25, -0.2) is 0 Å². The number of hydrogen-bond donors (Lipinski definition) is 1. The number of halogens is 1. The summed E-state index contributed by atoms with van der Waals surface area (Å²) in [5.41, 5.74) is 0. The number of rotatable bonds is 3. The molecule has 2 fully saturated rings. The summed E-state index contributed by atoms with van der Waals surface area (Å²) >= 11 is 0. The number of quaternary nitrogens is 1. The van der Waals surface area contributed by atoms with Crippen molar-refractivity contribution in [2.45, 2.75) is 70.4 Å². The topological polar surface area (TPSA) is 60.4 Å². The highest BCUT2D eigenvalue weighted by Gasteiger charge is 2.42. The summed E-state index contributed by atoms with van der Waals surface area (Å²) in [6.45, 7) is 4.53. The normalized spacial score (nSPS) is 32.1. The molecule has 0 bridgehead atoms. The number of aliphatic carboxylic acids is 1. The van der Waals surface area contributed by atoms with Crippen LogP contribution in [0.1, 0.15) is 58.3 Å². The van der Waals surface area contributed by atoms with Crippen LogP contribution in [0.3, 0.4) is 0 Å². The molecule has 2 aliphatic heterocycles. The third kappa shape index (κ3) is 6.10. The van der Waals surface area contributed by atoms with Gasteiger partial charge < -0.3 is 36.5 Å². The molecule has 2 saturated heterocycles. The monoisotopic (exact) mass is 350 g/mol. The first-order chi connectivity index (χ1) is 8.99. The fourth-order valence-electron chi connectivity index (χ4n) is 3.36. The van der Waals surface area contributed by atoms with E-state index in [2.05, 4.69) is 7.05 Å². The maximum Gasteiger partial charge on any atom is 0.115 e. The van der Waals surface area contributed by atoms with E-state index in [4.69, 9.17) is 0 Å². The predicted octanol–water partition coefficient (Wildman–Crippen LogP) is -1.93. The summed E-state index contributed by atoms with van der Waals surface area (Å²) < 4.78 is 1.15. The molecule has 120 valence electrons. The van der Waals surface area contributed by atoms with Crippen LogP contribution in [0.15, 0.2) is 0 Å². The number of hydrogen-bond acceptors (Lipinski definition) is 3. The van der Waals surface area contributed by atoms with Crippen molar-refractivity contribution in [3.63, 3.8) is 0 Å². The largest absolute Gasteiger partial charge is 1.00 e. The molecule has 0 aromatic rings. The second-order valence-electron chi connectivity index (χ2n) is 6.17. The van der Waals surface area contributed by atoms with Crippen molar-refractivity contribution in [2.24, 2.45) is 0 Å². The van der Waals surface area contributed by atoms with Crippen LogP contribution in [-0.4, -0.2) is 47.8 Å². The molecule has 2 heterocycles. The van der Waals surface area contributed by atoms with E-state index in [1.807, 2.05) is 6.92 Å². The first-order valence-electron chi connectivity index (χ1n) is 7.71. The first-order valence-corrected chi connectivity index (χ1v) is 7.71. The molecule has 0 amide bonds. The highest BCUT2D eigenvalue weighted by atomic mass is 79.9. The lowest BCUT2D eigenvalue weighted by Crippen LogP contribution is -3.00. The number of likely N-dealkylation sites (N-methyl/N-ethyl adjacent to an activating group) is 1. The van der Waals surface area contributed by atoms with Crippen molar-refractivity contribution >= 4 is 5.97 Å². The minimum atomic E-state index is -0.943. The van der Waals surface area contributed by atoms with E-state index in [0.29, 0.717) is 6.04 Å². The van der Waals surface area contributed by atoms with Crippen molar-refractivity contribution in [1.29, 1.82) is 0 Å². The van der Waals surface area contributed by atoms with Gasteiger partial charge in [0.15, 0.2) is 0 Å². The fourth-order valence-corrected chi connectivity index (χ4v) is 3.36. The Bertz CT molecular complexity index is 284. The molecular weight excluding hydrogens is 322 g/mol. The Balaban J connectivity index is 0.000000396. The van der Waals surface area contributed by atoms with Gasteiger partial charge in [0, 0.05) is 12.4 Å². The zero-order valence-electron chi connectivity index (χ0n) is 12.8. The predicted molar refractivity (Wildman–Crippen MR) is 73.3 cm³/mol. The summed E-state index contributed by atoms with van der Waals surface area (Å²) in [5.74, 6) is -0.943. The lowest BCUT2D eigenvalue weighted by Gasteiger charge is -2.49. The quantitative estimate of drug-likeness (QED) is 0.603. The molecule has 2 rings (SSSR count). The van der Waals surface area contributed by atoms with Gasteiger partial charge in [0.25, 0.3) is 0 Å². The van der Waals surface area contributed by atoms with E-state index in [-0.39, 0.29) is 29.5 Å². The molecule has 2 aliphatic rings. The molecule has 1 unspecified atom stereocenters. The van der Waals surface area contributed by atoms with Gasteiger partial charge in [-0.05, 0) is 38.5 Å². The van der Waals surface area contributed by atoms with Gasteiger partial charge in [-0.3, -0.25) is 0 Å². The minimum absolute atomic E-state index is 0. The maximum atomic E-state index is 9.85. The zero-order chi connectivity index (χ0) is 14.3. The Morgan fingerprint density at radius 1 is 1.25 bits per heavy atom. The summed E-state index contributed by atoms with van der Waals surface area (Å²) in [5, 5.41) is 19.5. The lowest BCUT2D eigenvalue weighted by molar-refractivity contribution is -0.946. The number of unbranched alkanes of at least 4 members (excludes halogenated alkanes) is 1. The molecule has 4 nitrogen and oxygen atoms in total. The van der Waals surface area contributed by atoms with Crippen LogP contribution in [-0.2, 0) is 4.79 Å². The number of carbonyl (C=O) groups excluding carboxylic acids is 1. The highest BCUT2D eigenvalue weighted by Crippen LogP contribution is 2.31. The number of carboxylic acid groups (broad SMARTS) is 1. The Morgan fingerprint density at radius 3 is 2.40 bits per heavy atom. The fraction of sp³-hybridized carbons (Fsp3) is 0.933. The number of carboxylic acids is 1. The van der Waals surface area contributed by atoms with Crippen LogP contribution in [0.4, 0.5) is 0 Å². The van der Waals surface area contributed by atoms with E-state index >= 15 is 0 Å². The second kappa shape index (κ2) is 9.74.